The van der Waals surface area contributed by atoms with Crippen molar-refractivity contribution in [3.8, 4) is 0 Å². The Balaban J connectivity index is 1.71. The Morgan fingerprint density at radius 1 is 1.27 bits per heavy atom. The van der Waals surface area contributed by atoms with Gasteiger partial charge < -0.3 is 4.74 Å². The van der Waals surface area contributed by atoms with Crippen molar-refractivity contribution >= 4 is 51.9 Å². The lowest BCUT2D eigenvalue weighted by atomic mass is 10.2. The predicted octanol–water partition coefficient (Wildman–Crippen LogP) is 2.83. The van der Waals surface area contributed by atoms with E-state index in [0.29, 0.717) is 34.1 Å². The lowest BCUT2D eigenvalue weighted by Gasteiger charge is -2.29. The van der Waals surface area contributed by atoms with Gasteiger partial charge in [-0.25, -0.2) is 0 Å². The van der Waals surface area contributed by atoms with E-state index in [0.717, 1.165) is 18.7 Å². The van der Waals surface area contributed by atoms with Crippen molar-refractivity contribution in [3.63, 3.8) is 0 Å². The molecule has 0 N–H and O–H groups in total. The third-order valence-corrected chi connectivity index (χ3v) is 5.12. The maximum Gasteiger partial charge on any atom is 0.267 e. The third kappa shape index (κ3) is 3.70. The molecule has 1 aromatic carbocycles. The molecule has 1 aromatic rings. The van der Waals surface area contributed by atoms with E-state index in [-0.39, 0.29) is 5.91 Å². The molecule has 2 fully saturated rings. The number of rotatable bonds is 3. The molecule has 0 atom stereocenters. The zero-order valence-corrected chi connectivity index (χ0v) is 14.2. The van der Waals surface area contributed by atoms with E-state index in [1.165, 1.54) is 11.8 Å². The van der Waals surface area contributed by atoms with Crippen molar-refractivity contribution in [2.75, 3.05) is 33.0 Å². The monoisotopic (exact) mass is 354 g/mol. The van der Waals surface area contributed by atoms with Crippen molar-refractivity contribution in [1.82, 2.24) is 9.80 Å². The molecule has 0 unspecified atom stereocenters. The summed E-state index contributed by atoms with van der Waals surface area (Å²) >= 11 is 12.6. The second-order valence-electron chi connectivity index (χ2n) is 5.03. The molecule has 2 aliphatic rings. The van der Waals surface area contributed by atoms with E-state index in [2.05, 4.69) is 4.90 Å². The van der Waals surface area contributed by atoms with Gasteiger partial charge in [0.05, 0.1) is 24.8 Å². The van der Waals surface area contributed by atoms with Gasteiger partial charge in [-0.15, -0.1) is 0 Å². The van der Waals surface area contributed by atoms with Crippen LogP contribution in [0.25, 0.3) is 6.08 Å². The third-order valence-electron chi connectivity index (χ3n) is 3.49. The average molecular weight is 355 g/mol. The highest BCUT2D eigenvalue weighted by Crippen LogP contribution is 2.32. The van der Waals surface area contributed by atoms with Crippen molar-refractivity contribution in [2.24, 2.45) is 0 Å². The molecule has 0 bridgehead atoms. The predicted molar refractivity (Wildman–Crippen MR) is 93.7 cm³/mol. The summed E-state index contributed by atoms with van der Waals surface area (Å²) < 4.78 is 5.93. The first-order chi connectivity index (χ1) is 10.6. The van der Waals surface area contributed by atoms with Gasteiger partial charge in [-0.1, -0.05) is 47.7 Å². The molecular formula is C15H15ClN2O2S2. The molecule has 0 aliphatic carbocycles. The normalized spacial score (nSPS) is 21.9. The second kappa shape index (κ2) is 7.10. The van der Waals surface area contributed by atoms with Crippen LogP contribution < -0.4 is 0 Å². The molecule has 7 heteroatoms. The van der Waals surface area contributed by atoms with E-state index >= 15 is 0 Å². The minimum atomic E-state index is -0.0311. The van der Waals surface area contributed by atoms with Gasteiger partial charge in [-0.3, -0.25) is 14.6 Å². The van der Waals surface area contributed by atoms with Gasteiger partial charge in [-0.2, -0.15) is 0 Å². The quantitative estimate of drug-likeness (QED) is 0.615. The number of nitrogens with zero attached hydrogens (tertiary/aromatic N) is 2. The van der Waals surface area contributed by atoms with Gasteiger partial charge in [-0.05, 0) is 23.8 Å². The summed E-state index contributed by atoms with van der Waals surface area (Å²) in [6.45, 7) is 3.59. The minimum absolute atomic E-state index is 0.0311. The van der Waals surface area contributed by atoms with Gasteiger partial charge in [0.2, 0.25) is 0 Å². The highest BCUT2D eigenvalue weighted by molar-refractivity contribution is 8.26. The van der Waals surface area contributed by atoms with Crippen molar-refractivity contribution in [2.45, 2.75) is 0 Å². The maximum atomic E-state index is 12.5. The fourth-order valence-corrected chi connectivity index (χ4v) is 3.64. The van der Waals surface area contributed by atoms with Crippen LogP contribution in [0.3, 0.4) is 0 Å². The molecule has 1 amide bonds. The van der Waals surface area contributed by atoms with Crippen molar-refractivity contribution < 1.29 is 9.53 Å². The number of morpholine rings is 1. The van der Waals surface area contributed by atoms with Gasteiger partial charge in [0.25, 0.3) is 5.91 Å². The van der Waals surface area contributed by atoms with E-state index < -0.39 is 0 Å². The van der Waals surface area contributed by atoms with Gasteiger partial charge in [0.1, 0.15) is 4.32 Å². The summed E-state index contributed by atoms with van der Waals surface area (Å²) in [7, 11) is 0. The van der Waals surface area contributed by atoms with Crippen LogP contribution in [0.4, 0.5) is 0 Å². The number of thiocarbonyl (C=S) groups is 1. The maximum absolute atomic E-state index is 12.5. The molecule has 0 aromatic heterocycles. The topological polar surface area (TPSA) is 32.8 Å². The largest absolute Gasteiger partial charge is 0.379 e. The van der Waals surface area contributed by atoms with E-state index in [1.54, 1.807) is 4.90 Å². The number of thioether (sulfide) groups is 1. The van der Waals surface area contributed by atoms with Crippen LogP contribution >= 0.6 is 35.6 Å². The SMILES string of the molecule is O=C1/C(=C\c2ccc(Cl)cc2)SC(=S)N1CN1CCOCC1. The van der Waals surface area contributed by atoms with Gasteiger partial charge >= 0.3 is 0 Å². The summed E-state index contributed by atoms with van der Waals surface area (Å²) in [6, 6.07) is 7.39. The molecule has 3 rings (SSSR count). The van der Waals surface area contributed by atoms with Crippen LogP contribution in [-0.4, -0.2) is 53.0 Å². The number of hydrogen-bond acceptors (Lipinski definition) is 5. The first kappa shape index (κ1) is 16.0. The lowest BCUT2D eigenvalue weighted by Crippen LogP contribution is -2.45. The van der Waals surface area contributed by atoms with Crippen LogP contribution in [0.15, 0.2) is 29.2 Å². The zero-order chi connectivity index (χ0) is 15.5. The number of amides is 1. The first-order valence-corrected chi connectivity index (χ1v) is 8.55. The first-order valence-electron chi connectivity index (χ1n) is 6.94. The standard InChI is InChI=1S/C15H15ClN2O2S2/c16-12-3-1-11(2-4-12)9-13-14(19)18(15(21)22-13)10-17-5-7-20-8-6-17/h1-4,9H,5-8,10H2/b13-9+. The molecule has 0 radical (unpaired) electrons. The minimum Gasteiger partial charge on any atom is -0.379 e. The Labute approximate surface area is 144 Å². The van der Waals surface area contributed by atoms with E-state index in [9.17, 15) is 4.79 Å². The van der Waals surface area contributed by atoms with Crippen molar-refractivity contribution in [1.29, 1.82) is 0 Å². The molecule has 0 spiro atoms. The summed E-state index contributed by atoms with van der Waals surface area (Å²) in [5.74, 6) is -0.0311. The molecule has 116 valence electrons. The molecule has 2 saturated heterocycles. The van der Waals surface area contributed by atoms with E-state index in [1.807, 2.05) is 30.3 Å². The number of carbonyl (C=O) groups excluding carboxylic acids is 1. The fourth-order valence-electron chi connectivity index (χ4n) is 2.27. The molecule has 2 heterocycles. The fraction of sp³-hybridized carbons (Fsp3) is 0.333. The highest BCUT2D eigenvalue weighted by atomic mass is 35.5. The summed E-state index contributed by atoms with van der Waals surface area (Å²) in [5, 5.41) is 0.678. The van der Waals surface area contributed by atoms with Gasteiger partial charge in [0, 0.05) is 18.1 Å². The van der Waals surface area contributed by atoms with Crippen LogP contribution in [0.2, 0.25) is 5.02 Å². The number of benzene rings is 1. The molecule has 2 aliphatic heterocycles. The number of hydrogen-bond donors (Lipinski definition) is 0. The summed E-state index contributed by atoms with van der Waals surface area (Å²) in [6.07, 6.45) is 1.86. The highest BCUT2D eigenvalue weighted by Gasteiger charge is 2.33. The Bertz CT molecular complexity index is 612. The Hall–Kier alpha value is -0.920. The van der Waals surface area contributed by atoms with E-state index in [4.69, 9.17) is 28.6 Å². The van der Waals surface area contributed by atoms with Crippen LogP contribution in [0, 0.1) is 0 Å². The Morgan fingerprint density at radius 2 is 1.95 bits per heavy atom. The smallest absolute Gasteiger partial charge is 0.267 e. The number of ether oxygens (including phenoxy) is 1. The molecule has 22 heavy (non-hydrogen) atoms. The van der Waals surface area contributed by atoms with Gasteiger partial charge in [0.15, 0.2) is 0 Å². The Kier molecular flexibility index (Phi) is 5.15. The average Bonchev–Trinajstić information content (AvgIpc) is 2.78. The zero-order valence-electron chi connectivity index (χ0n) is 11.8. The summed E-state index contributed by atoms with van der Waals surface area (Å²) in [5.41, 5.74) is 0.941. The van der Waals surface area contributed by atoms with Crippen LogP contribution in [0.5, 0.6) is 0 Å². The molecule has 0 saturated carbocycles. The summed E-state index contributed by atoms with van der Waals surface area (Å²) in [4.78, 5) is 17.0. The number of carbonyl (C=O) groups is 1. The van der Waals surface area contributed by atoms with Crippen LogP contribution in [0.1, 0.15) is 5.56 Å². The molecular weight excluding hydrogens is 340 g/mol. The van der Waals surface area contributed by atoms with Crippen molar-refractivity contribution in [3.05, 3.63) is 39.8 Å². The Morgan fingerprint density at radius 3 is 2.64 bits per heavy atom. The molecule has 4 nitrogen and oxygen atoms in total. The number of halogens is 1. The lowest BCUT2D eigenvalue weighted by molar-refractivity contribution is -0.124. The van der Waals surface area contributed by atoms with Crippen LogP contribution in [-0.2, 0) is 9.53 Å². The second-order valence-corrected chi connectivity index (χ2v) is 7.15.